The quantitative estimate of drug-likeness (QED) is 0.514. The van der Waals surface area contributed by atoms with Crippen molar-refractivity contribution in [3.05, 3.63) is 69.8 Å². The third-order valence-corrected chi connectivity index (χ3v) is 3.05. The Morgan fingerprint density at radius 1 is 1.13 bits per heavy atom. The molecule has 23 heavy (non-hydrogen) atoms. The number of hydrogen-bond donors (Lipinski definition) is 1. The van der Waals surface area contributed by atoms with E-state index < -0.39 is 22.4 Å². The van der Waals surface area contributed by atoms with Crippen molar-refractivity contribution in [3.63, 3.8) is 0 Å². The van der Waals surface area contributed by atoms with Crippen LogP contribution in [0.2, 0.25) is 0 Å². The van der Waals surface area contributed by atoms with Gasteiger partial charge in [0.05, 0.1) is 11.5 Å². The van der Waals surface area contributed by atoms with Crippen LogP contribution in [0.15, 0.2) is 48.5 Å². The molecule has 0 radical (unpaired) electrons. The number of nitro groups is 1. The minimum atomic E-state index is -4.86. The molecule has 0 atom stereocenters. The van der Waals surface area contributed by atoms with Crippen molar-refractivity contribution in [2.45, 2.75) is 6.18 Å². The highest BCUT2D eigenvalue weighted by atomic mass is 19.4. The maximum atomic E-state index is 12.9. The van der Waals surface area contributed by atoms with E-state index in [2.05, 4.69) is 5.32 Å². The molecular formula is C15H11F3N2O3. The molecule has 2 rings (SSSR count). The van der Waals surface area contributed by atoms with Crippen molar-refractivity contribution in [1.29, 1.82) is 0 Å². The summed E-state index contributed by atoms with van der Waals surface area (Å²) in [6.07, 6.45) is -4.86. The van der Waals surface area contributed by atoms with E-state index in [-0.39, 0.29) is 18.0 Å². The van der Waals surface area contributed by atoms with Gasteiger partial charge in [0.2, 0.25) is 0 Å². The lowest BCUT2D eigenvalue weighted by atomic mass is 10.1. The number of nitrogens with one attached hydrogen (secondary N) is 1. The fraction of sp³-hybridized carbons (Fsp3) is 0.133. The Morgan fingerprint density at radius 2 is 1.78 bits per heavy atom. The van der Waals surface area contributed by atoms with Gasteiger partial charge < -0.3 is 5.32 Å². The molecule has 0 unspecified atom stereocenters. The van der Waals surface area contributed by atoms with Crippen LogP contribution in [-0.2, 0) is 6.18 Å². The van der Waals surface area contributed by atoms with Crippen LogP contribution in [0.5, 0.6) is 0 Å². The summed E-state index contributed by atoms with van der Waals surface area (Å²) in [6.45, 7) is -0.223. The normalized spacial score (nSPS) is 11.1. The number of nitro benzene ring substituents is 1. The number of carbonyl (C=O) groups is 1. The van der Waals surface area contributed by atoms with Crippen molar-refractivity contribution >= 4 is 17.2 Å². The predicted octanol–water partition coefficient (Wildman–Crippen LogP) is 3.91. The second kappa shape index (κ2) is 6.47. The molecule has 120 valence electrons. The molecule has 0 bridgehead atoms. The van der Waals surface area contributed by atoms with Gasteiger partial charge in [-0.25, -0.2) is 0 Å². The summed E-state index contributed by atoms with van der Waals surface area (Å²) in [6, 6.07) is 10.8. The first kappa shape index (κ1) is 16.5. The third kappa shape index (κ3) is 4.06. The number of alkyl halides is 3. The van der Waals surface area contributed by atoms with Crippen LogP contribution in [0, 0.1) is 10.1 Å². The SMILES string of the molecule is O=C(CNc1ccc([N+](=O)[O-])c(C(F)(F)F)c1)c1ccccc1. The first-order valence-electron chi connectivity index (χ1n) is 6.47. The number of rotatable bonds is 5. The van der Waals surface area contributed by atoms with Gasteiger partial charge in [0.25, 0.3) is 5.69 Å². The maximum absolute atomic E-state index is 12.9. The summed E-state index contributed by atoms with van der Waals surface area (Å²) in [7, 11) is 0. The average Bonchev–Trinajstić information content (AvgIpc) is 2.52. The van der Waals surface area contributed by atoms with Gasteiger partial charge in [0.15, 0.2) is 5.78 Å². The first-order valence-corrected chi connectivity index (χ1v) is 6.47. The van der Waals surface area contributed by atoms with E-state index in [0.717, 1.165) is 12.1 Å². The minimum absolute atomic E-state index is 0.0211. The van der Waals surface area contributed by atoms with Gasteiger partial charge in [-0.2, -0.15) is 13.2 Å². The molecule has 2 aromatic carbocycles. The van der Waals surface area contributed by atoms with Crippen molar-refractivity contribution in [1.82, 2.24) is 0 Å². The first-order chi connectivity index (χ1) is 10.8. The van der Waals surface area contributed by atoms with Gasteiger partial charge in [-0.15, -0.1) is 0 Å². The average molecular weight is 324 g/mol. The van der Waals surface area contributed by atoms with E-state index in [1.807, 2.05) is 0 Å². The van der Waals surface area contributed by atoms with Crippen LogP contribution in [-0.4, -0.2) is 17.3 Å². The zero-order valence-electron chi connectivity index (χ0n) is 11.6. The molecular weight excluding hydrogens is 313 g/mol. The van der Waals surface area contributed by atoms with Crippen molar-refractivity contribution < 1.29 is 22.9 Å². The second-order valence-electron chi connectivity index (χ2n) is 4.63. The molecule has 1 N–H and O–H groups in total. The molecule has 8 heteroatoms. The zero-order valence-corrected chi connectivity index (χ0v) is 11.6. The monoisotopic (exact) mass is 324 g/mol. The fourth-order valence-corrected chi connectivity index (χ4v) is 1.94. The summed E-state index contributed by atoms with van der Waals surface area (Å²) in [5.41, 5.74) is -2.00. The number of nitrogens with zero attached hydrogens (tertiary/aromatic N) is 1. The largest absolute Gasteiger partial charge is 0.423 e. The number of halogens is 3. The van der Waals surface area contributed by atoms with Gasteiger partial charge in [0.1, 0.15) is 5.56 Å². The van der Waals surface area contributed by atoms with Crippen LogP contribution in [0.25, 0.3) is 0 Å². The van der Waals surface area contributed by atoms with Crippen LogP contribution in [0.1, 0.15) is 15.9 Å². The van der Waals surface area contributed by atoms with E-state index in [0.29, 0.717) is 11.6 Å². The van der Waals surface area contributed by atoms with Crippen LogP contribution in [0.4, 0.5) is 24.5 Å². The molecule has 0 heterocycles. The Bertz CT molecular complexity index is 730. The van der Waals surface area contributed by atoms with E-state index in [1.165, 1.54) is 0 Å². The molecule has 0 saturated heterocycles. The molecule has 0 aromatic heterocycles. The van der Waals surface area contributed by atoms with Crippen molar-refractivity contribution in [3.8, 4) is 0 Å². The summed E-state index contributed by atoms with van der Waals surface area (Å²) >= 11 is 0. The molecule has 0 aliphatic rings. The summed E-state index contributed by atoms with van der Waals surface area (Å²) in [5, 5.41) is 13.2. The highest BCUT2D eigenvalue weighted by Gasteiger charge is 2.38. The summed E-state index contributed by atoms with van der Waals surface area (Å²) in [4.78, 5) is 21.4. The topological polar surface area (TPSA) is 72.2 Å². The van der Waals surface area contributed by atoms with E-state index in [9.17, 15) is 28.1 Å². The summed E-state index contributed by atoms with van der Waals surface area (Å²) in [5.74, 6) is -0.308. The molecule has 5 nitrogen and oxygen atoms in total. The van der Waals surface area contributed by atoms with Crippen LogP contribution >= 0.6 is 0 Å². The molecule has 0 spiro atoms. The van der Waals surface area contributed by atoms with Gasteiger partial charge in [-0.1, -0.05) is 30.3 Å². The highest BCUT2D eigenvalue weighted by Crippen LogP contribution is 2.37. The molecule has 0 amide bonds. The van der Waals surface area contributed by atoms with Crippen LogP contribution in [0.3, 0.4) is 0 Å². The lowest BCUT2D eigenvalue weighted by Crippen LogP contribution is -2.15. The lowest BCUT2D eigenvalue weighted by Gasteiger charge is -2.11. The summed E-state index contributed by atoms with van der Waals surface area (Å²) < 4.78 is 38.6. The fourth-order valence-electron chi connectivity index (χ4n) is 1.94. The maximum Gasteiger partial charge on any atom is 0.423 e. The van der Waals surface area contributed by atoms with E-state index in [4.69, 9.17) is 0 Å². The Morgan fingerprint density at radius 3 is 2.35 bits per heavy atom. The molecule has 0 fully saturated rings. The number of hydrogen-bond acceptors (Lipinski definition) is 4. The van der Waals surface area contributed by atoms with Gasteiger partial charge in [-0.3, -0.25) is 14.9 Å². The van der Waals surface area contributed by atoms with Gasteiger partial charge >= 0.3 is 6.18 Å². The molecule has 0 aliphatic carbocycles. The highest BCUT2D eigenvalue weighted by molar-refractivity contribution is 5.98. The number of Topliss-reactive ketones (excluding diaryl/α,β-unsaturated/α-hetero) is 1. The Hall–Kier alpha value is -2.90. The Kier molecular flexibility index (Phi) is 4.63. The third-order valence-electron chi connectivity index (χ3n) is 3.05. The Balaban J connectivity index is 2.18. The molecule has 0 aliphatic heterocycles. The van der Waals surface area contributed by atoms with E-state index in [1.54, 1.807) is 30.3 Å². The smallest absolute Gasteiger partial charge is 0.378 e. The van der Waals surface area contributed by atoms with Crippen molar-refractivity contribution in [2.75, 3.05) is 11.9 Å². The van der Waals surface area contributed by atoms with Gasteiger partial charge in [0, 0.05) is 17.3 Å². The van der Waals surface area contributed by atoms with Crippen molar-refractivity contribution in [2.24, 2.45) is 0 Å². The Labute approximate surface area is 128 Å². The number of anilines is 1. The number of carbonyl (C=O) groups excluding carboxylic acids is 1. The van der Waals surface area contributed by atoms with Gasteiger partial charge in [-0.05, 0) is 12.1 Å². The minimum Gasteiger partial charge on any atom is -0.378 e. The van der Waals surface area contributed by atoms with E-state index >= 15 is 0 Å². The molecule has 2 aromatic rings. The zero-order chi connectivity index (χ0) is 17.0. The lowest BCUT2D eigenvalue weighted by molar-refractivity contribution is -0.388. The van der Waals surface area contributed by atoms with Crippen LogP contribution < -0.4 is 5.32 Å². The standard InChI is InChI=1S/C15H11F3N2O3/c16-15(17,18)12-8-11(6-7-13(12)20(22)23)19-9-14(21)10-4-2-1-3-5-10/h1-8,19H,9H2. The number of benzene rings is 2. The second-order valence-corrected chi connectivity index (χ2v) is 4.63. The molecule has 0 saturated carbocycles. The number of ketones is 1. The predicted molar refractivity (Wildman–Crippen MR) is 77.4 cm³/mol.